The van der Waals surface area contributed by atoms with E-state index in [2.05, 4.69) is 27.0 Å². The molecule has 3 N–H and O–H groups in total. The number of rotatable bonds is 8. The molecule has 1 aromatic heterocycles. The summed E-state index contributed by atoms with van der Waals surface area (Å²) in [7, 11) is 0. The molecule has 0 saturated carbocycles. The second-order valence-electron chi connectivity index (χ2n) is 3.14. The van der Waals surface area contributed by atoms with E-state index in [0.717, 1.165) is 6.42 Å². The number of nitrogen functional groups attached to an aromatic ring is 1. The molecule has 0 aliphatic carbocycles. The molecule has 0 radical (unpaired) electrons. The van der Waals surface area contributed by atoms with Gasteiger partial charge >= 0.3 is 12.0 Å². The first kappa shape index (κ1) is 13.2. The number of hydrogen-bond acceptors (Lipinski definition) is 7. The molecule has 0 aliphatic heterocycles. The molecule has 17 heavy (non-hydrogen) atoms. The summed E-state index contributed by atoms with van der Waals surface area (Å²) >= 11 is 0. The predicted octanol–water partition coefficient (Wildman–Crippen LogP) is 0.901. The first-order valence-corrected chi connectivity index (χ1v) is 5.39. The molecule has 1 rings (SSSR count). The molecule has 0 fully saturated rings. The molecule has 0 spiro atoms. The van der Waals surface area contributed by atoms with E-state index in [1.807, 2.05) is 6.92 Å². The van der Waals surface area contributed by atoms with E-state index in [9.17, 15) is 0 Å². The Hall–Kier alpha value is -1.89. The minimum Gasteiger partial charge on any atom is -0.463 e. The minimum atomic E-state index is 0.181. The minimum absolute atomic E-state index is 0.181. The van der Waals surface area contributed by atoms with Crippen LogP contribution >= 0.6 is 0 Å². The normalized spacial score (nSPS) is 9.76. The molecule has 1 aromatic rings. The Balaban J connectivity index is 2.70. The van der Waals surface area contributed by atoms with Gasteiger partial charge in [0.1, 0.15) is 0 Å². The average Bonchev–Trinajstić information content (AvgIpc) is 2.36. The first-order valence-electron chi connectivity index (χ1n) is 5.39. The van der Waals surface area contributed by atoms with Crippen molar-refractivity contribution in [1.29, 1.82) is 0 Å². The molecular weight excluding hydrogens is 222 g/mol. The maximum Gasteiger partial charge on any atom is 0.324 e. The summed E-state index contributed by atoms with van der Waals surface area (Å²) in [5, 5.41) is 0. The van der Waals surface area contributed by atoms with Gasteiger partial charge in [-0.2, -0.15) is 9.97 Å². The largest absolute Gasteiger partial charge is 0.463 e. The van der Waals surface area contributed by atoms with Crippen LogP contribution in [0.2, 0.25) is 0 Å². The average molecular weight is 239 g/mol. The second kappa shape index (κ2) is 7.39. The van der Waals surface area contributed by atoms with Crippen LogP contribution in [0.25, 0.3) is 0 Å². The molecule has 0 bridgehead atoms. The number of nitrogens with two attached hydrogens (primary N) is 1. The Morgan fingerprint density at radius 3 is 2.41 bits per heavy atom. The zero-order chi connectivity index (χ0) is 12.5. The van der Waals surface area contributed by atoms with Gasteiger partial charge in [-0.15, -0.1) is 11.6 Å². The Morgan fingerprint density at radius 2 is 1.88 bits per heavy atom. The molecule has 0 saturated heterocycles. The highest BCUT2D eigenvalue weighted by Crippen LogP contribution is 2.12. The number of nitrogens with one attached hydrogen (secondary N) is 1. The van der Waals surface area contributed by atoms with Crippen molar-refractivity contribution >= 4 is 5.95 Å². The monoisotopic (exact) mass is 239 g/mol. The van der Waals surface area contributed by atoms with E-state index in [4.69, 9.17) is 15.3 Å². The van der Waals surface area contributed by atoms with Crippen molar-refractivity contribution in [1.82, 2.24) is 15.0 Å². The number of nitrogens with zero attached hydrogens (tertiary/aromatic N) is 3. The lowest BCUT2D eigenvalue weighted by atomic mass is 10.5. The van der Waals surface area contributed by atoms with E-state index in [1.165, 1.54) is 0 Å². The third kappa shape index (κ3) is 4.64. The van der Waals surface area contributed by atoms with Gasteiger partial charge in [0.05, 0.1) is 13.2 Å². The smallest absolute Gasteiger partial charge is 0.324 e. The Bertz CT molecular complexity index is 359. The molecule has 0 aliphatic rings. The fraction of sp³-hybridized carbons (Fsp3) is 0.500. The number of ether oxygens (including phenoxy) is 2. The van der Waals surface area contributed by atoms with Gasteiger partial charge in [-0.3, -0.25) is 5.43 Å². The third-order valence-electron chi connectivity index (χ3n) is 1.71. The lowest BCUT2D eigenvalue weighted by molar-refractivity contribution is 0.265. The van der Waals surface area contributed by atoms with Gasteiger partial charge < -0.3 is 9.47 Å². The summed E-state index contributed by atoms with van der Waals surface area (Å²) < 4.78 is 10.6. The van der Waals surface area contributed by atoms with E-state index in [1.54, 1.807) is 6.08 Å². The fourth-order valence-corrected chi connectivity index (χ4v) is 0.959. The van der Waals surface area contributed by atoms with Crippen molar-refractivity contribution in [3.05, 3.63) is 12.7 Å². The zero-order valence-electron chi connectivity index (χ0n) is 9.85. The molecular formula is C10H17N5O2. The molecule has 0 amide bonds. The molecule has 1 heterocycles. The van der Waals surface area contributed by atoms with Gasteiger partial charge in [0, 0.05) is 0 Å². The Kier molecular flexibility index (Phi) is 5.73. The van der Waals surface area contributed by atoms with E-state index in [0.29, 0.717) is 19.6 Å². The van der Waals surface area contributed by atoms with Crippen LogP contribution in [0.15, 0.2) is 12.7 Å². The van der Waals surface area contributed by atoms with Crippen molar-refractivity contribution < 1.29 is 9.47 Å². The molecule has 0 unspecified atom stereocenters. The predicted molar refractivity (Wildman–Crippen MR) is 63.7 cm³/mol. The number of anilines is 1. The maximum atomic E-state index is 5.30. The van der Waals surface area contributed by atoms with E-state index in [-0.39, 0.29) is 18.0 Å². The van der Waals surface area contributed by atoms with Crippen molar-refractivity contribution in [3.63, 3.8) is 0 Å². The molecule has 0 atom stereocenters. The van der Waals surface area contributed by atoms with Crippen molar-refractivity contribution in [3.8, 4) is 12.0 Å². The van der Waals surface area contributed by atoms with Crippen LogP contribution in [-0.4, -0.2) is 28.2 Å². The number of aromatic nitrogens is 3. The van der Waals surface area contributed by atoms with Crippen LogP contribution in [-0.2, 0) is 0 Å². The van der Waals surface area contributed by atoms with Crippen LogP contribution in [0.3, 0.4) is 0 Å². The highest BCUT2D eigenvalue weighted by molar-refractivity contribution is 5.25. The summed E-state index contributed by atoms with van der Waals surface area (Å²) in [4.78, 5) is 11.9. The Morgan fingerprint density at radius 1 is 1.24 bits per heavy atom. The molecule has 7 heteroatoms. The lowest BCUT2D eigenvalue weighted by Crippen LogP contribution is -2.13. The first-order chi connectivity index (χ1) is 8.30. The van der Waals surface area contributed by atoms with Gasteiger partial charge in [0.25, 0.3) is 0 Å². The van der Waals surface area contributed by atoms with Crippen LogP contribution in [0.4, 0.5) is 5.95 Å². The van der Waals surface area contributed by atoms with Gasteiger partial charge in [0.15, 0.2) is 0 Å². The van der Waals surface area contributed by atoms with Crippen molar-refractivity contribution in [2.75, 3.05) is 18.6 Å². The molecule has 7 nitrogen and oxygen atoms in total. The highest BCUT2D eigenvalue weighted by atomic mass is 16.5. The second-order valence-corrected chi connectivity index (χ2v) is 3.14. The van der Waals surface area contributed by atoms with Crippen molar-refractivity contribution in [2.24, 2.45) is 5.84 Å². The van der Waals surface area contributed by atoms with Gasteiger partial charge in [-0.25, -0.2) is 5.84 Å². The van der Waals surface area contributed by atoms with Crippen LogP contribution < -0.4 is 20.7 Å². The lowest BCUT2D eigenvalue weighted by Gasteiger charge is -2.07. The quantitative estimate of drug-likeness (QED) is 0.301. The van der Waals surface area contributed by atoms with Crippen LogP contribution in [0, 0.1) is 0 Å². The van der Waals surface area contributed by atoms with Crippen LogP contribution in [0.5, 0.6) is 12.0 Å². The molecule has 94 valence electrons. The van der Waals surface area contributed by atoms with Crippen molar-refractivity contribution in [2.45, 2.75) is 19.8 Å². The standard InChI is InChI=1S/C10H17N5O2/c1-3-5-7-17-10-13-8(15-11)12-9(14-10)16-6-4-2/h3H,1,4-7,11H2,2H3,(H,12,13,14,15). The van der Waals surface area contributed by atoms with E-state index >= 15 is 0 Å². The van der Waals surface area contributed by atoms with Gasteiger partial charge in [-0.05, 0) is 12.8 Å². The summed E-state index contributed by atoms with van der Waals surface area (Å²) in [6, 6.07) is 0.379. The Labute approximate surface area is 100 Å². The summed E-state index contributed by atoms with van der Waals surface area (Å²) in [6.07, 6.45) is 3.32. The topological polar surface area (TPSA) is 95.2 Å². The summed E-state index contributed by atoms with van der Waals surface area (Å²) in [6.45, 7) is 6.56. The molecule has 0 aromatic carbocycles. The maximum absolute atomic E-state index is 5.30. The van der Waals surface area contributed by atoms with E-state index < -0.39 is 0 Å². The number of hydrogen-bond donors (Lipinski definition) is 2. The summed E-state index contributed by atoms with van der Waals surface area (Å²) in [5.41, 5.74) is 2.33. The van der Waals surface area contributed by atoms with Gasteiger partial charge in [0.2, 0.25) is 5.95 Å². The summed E-state index contributed by atoms with van der Waals surface area (Å²) in [5.74, 6) is 5.45. The zero-order valence-corrected chi connectivity index (χ0v) is 9.85. The number of hydrazine groups is 1. The highest BCUT2D eigenvalue weighted by Gasteiger charge is 2.07. The SMILES string of the molecule is C=CCCOc1nc(NN)nc(OCCC)n1. The fourth-order valence-electron chi connectivity index (χ4n) is 0.959. The van der Waals surface area contributed by atoms with Crippen LogP contribution in [0.1, 0.15) is 19.8 Å². The third-order valence-corrected chi connectivity index (χ3v) is 1.71. The van der Waals surface area contributed by atoms with Gasteiger partial charge in [-0.1, -0.05) is 13.0 Å².